The van der Waals surface area contributed by atoms with Gasteiger partial charge >= 0.3 is 0 Å². The highest BCUT2D eigenvalue weighted by molar-refractivity contribution is 5.16. The number of likely N-dealkylation sites (N-methyl/N-ethyl adjacent to an activating group) is 1. The van der Waals surface area contributed by atoms with Crippen LogP contribution in [0.25, 0.3) is 0 Å². The Morgan fingerprint density at radius 3 is 2.84 bits per heavy atom. The third-order valence-electron chi connectivity index (χ3n) is 5.50. The SMILES string of the molecule is CN(Cc1nnc(C2CC2)n1C)[C@H]1CCN(Cc2cccc(F)c2)C1. The van der Waals surface area contributed by atoms with Crippen molar-refractivity contribution >= 4 is 0 Å². The molecule has 1 atom stereocenters. The van der Waals surface area contributed by atoms with Crippen LogP contribution in [0.3, 0.4) is 0 Å². The number of hydrogen-bond acceptors (Lipinski definition) is 4. The molecule has 2 heterocycles. The second-order valence-corrected chi connectivity index (χ2v) is 7.53. The fourth-order valence-corrected chi connectivity index (χ4v) is 3.77. The summed E-state index contributed by atoms with van der Waals surface area (Å²) in [5.74, 6) is 2.67. The fraction of sp³-hybridized carbons (Fsp3) is 0.579. The van der Waals surface area contributed by atoms with E-state index < -0.39 is 0 Å². The number of halogens is 1. The molecule has 4 rings (SSSR count). The van der Waals surface area contributed by atoms with E-state index in [4.69, 9.17) is 0 Å². The first kappa shape index (κ1) is 16.7. The number of hydrogen-bond donors (Lipinski definition) is 0. The van der Waals surface area contributed by atoms with Crippen LogP contribution in [-0.4, -0.2) is 50.7 Å². The molecule has 134 valence electrons. The molecule has 0 radical (unpaired) electrons. The first-order valence-electron chi connectivity index (χ1n) is 9.15. The fourth-order valence-electron chi connectivity index (χ4n) is 3.77. The van der Waals surface area contributed by atoms with Crippen LogP contribution < -0.4 is 0 Å². The van der Waals surface area contributed by atoms with Gasteiger partial charge in [-0.05, 0) is 44.0 Å². The minimum atomic E-state index is -0.154. The maximum Gasteiger partial charge on any atom is 0.146 e. The molecule has 0 bridgehead atoms. The smallest absolute Gasteiger partial charge is 0.146 e. The number of nitrogens with zero attached hydrogens (tertiary/aromatic N) is 5. The second kappa shape index (κ2) is 6.84. The molecule has 1 aliphatic carbocycles. The van der Waals surface area contributed by atoms with Crippen molar-refractivity contribution in [2.75, 3.05) is 20.1 Å². The van der Waals surface area contributed by atoms with E-state index in [1.54, 1.807) is 12.1 Å². The molecule has 0 spiro atoms. The van der Waals surface area contributed by atoms with Gasteiger partial charge < -0.3 is 4.57 Å². The molecule has 0 amide bonds. The highest BCUT2D eigenvalue weighted by Crippen LogP contribution is 2.38. The van der Waals surface area contributed by atoms with Crippen LogP contribution in [0.2, 0.25) is 0 Å². The Bertz CT molecular complexity index is 739. The van der Waals surface area contributed by atoms with Crippen molar-refractivity contribution in [3.63, 3.8) is 0 Å². The van der Waals surface area contributed by atoms with Gasteiger partial charge in [-0.15, -0.1) is 10.2 Å². The summed E-state index contributed by atoms with van der Waals surface area (Å²) in [7, 11) is 4.25. The first-order valence-corrected chi connectivity index (χ1v) is 9.15. The molecule has 2 fully saturated rings. The topological polar surface area (TPSA) is 37.2 Å². The lowest BCUT2D eigenvalue weighted by Crippen LogP contribution is -2.34. The van der Waals surface area contributed by atoms with E-state index in [9.17, 15) is 4.39 Å². The predicted molar refractivity (Wildman–Crippen MR) is 94.5 cm³/mol. The Labute approximate surface area is 148 Å². The lowest BCUT2D eigenvalue weighted by Gasteiger charge is -2.24. The van der Waals surface area contributed by atoms with E-state index >= 15 is 0 Å². The Balaban J connectivity index is 1.33. The Morgan fingerprint density at radius 2 is 2.08 bits per heavy atom. The summed E-state index contributed by atoms with van der Waals surface area (Å²) < 4.78 is 15.5. The normalized spacial score (nSPS) is 21.4. The van der Waals surface area contributed by atoms with Crippen LogP contribution in [0.1, 0.15) is 42.4 Å². The van der Waals surface area contributed by atoms with Crippen molar-refractivity contribution in [2.45, 2.75) is 44.3 Å². The third kappa shape index (κ3) is 3.75. The lowest BCUT2D eigenvalue weighted by molar-refractivity contribution is 0.216. The summed E-state index contributed by atoms with van der Waals surface area (Å²) in [6.45, 7) is 3.71. The van der Waals surface area contributed by atoms with Gasteiger partial charge in [-0.25, -0.2) is 4.39 Å². The summed E-state index contributed by atoms with van der Waals surface area (Å²) in [6, 6.07) is 7.43. The molecule has 1 saturated carbocycles. The number of rotatable bonds is 6. The van der Waals surface area contributed by atoms with Gasteiger partial charge in [0.05, 0.1) is 6.54 Å². The second-order valence-electron chi connectivity index (χ2n) is 7.53. The van der Waals surface area contributed by atoms with Gasteiger partial charge in [-0.1, -0.05) is 12.1 Å². The quantitative estimate of drug-likeness (QED) is 0.808. The van der Waals surface area contributed by atoms with Gasteiger partial charge in [-0.3, -0.25) is 9.80 Å². The highest BCUT2D eigenvalue weighted by Gasteiger charge is 2.30. The third-order valence-corrected chi connectivity index (χ3v) is 5.50. The molecule has 2 aliphatic rings. The highest BCUT2D eigenvalue weighted by atomic mass is 19.1. The minimum Gasteiger partial charge on any atom is -0.317 e. The Kier molecular flexibility index (Phi) is 4.56. The molecule has 2 aromatic rings. The number of benzene rings is 1. The van der Waals surface area contributed by atoms with Crippen LogP contribution in [0.15, 0.2) is 24.3 Å². The van der Waals surface area contributed by atoms with Crippen LogP contribution in [-0.2, 0) is 20.1 Å². The Hall–Kier alpha value is -1.79. The van der Waals surface area contributed by atoms with Gasteiger partial charge in [0.2, 0.25) is 0 Å². The summed E-state index contributed by atoms with van der Waals surface area (Å²) in [5, 5.41) is 8.78. The van der Waals surface area contributed by atoms with E-state index in [1.165, 1.54) is 18.9 Å². The van der Waals surface area contributed by atoms with Gasteiger partial charge in [0.25, 0.3) is 0 Å². The lowest BCUT2D eigenvalue weighted by atomic mass is 10.2. The van der Waals surface area contributed by atoms with E-state index in [0.717, 1.165) is 49.8 Å². The zero-order valence-electron chi connectivity index (χ0n) is 15.0. The minimum absolute atomic E-state index is 0.154. The summed E-state index contributed by atoms with van der Waals surface area (Å²) in [6.07, 6.45) is 3.64. The summed E-state index contributed by atoms with van der Waals surface area (Å²) >= 11 is 0. The average molecular weight is 343 g/mol. The molecule has 1 aromatic carbocycles. The van der Waals surface area contributed by atoms with Crippen molar-refractivity contribution in [3.8, 4) is 0 Å². The van der Waals surface area contributed by atoms with Crippen molar-refractivity contribution in [3.05, 3.63) is 47.3 Å². The van der Waals surface area contributed by atoms with Gasteiger partial charge in [0, 0.05) is 38.6 Å². The van der Waals surface area contributed by atoms with Crippen LogP contribution >= 0.6 is 0 Å². The monoisotopic (exact) mass is 343 g/mol. The number of likely N-dealkylation sites (tertiary alicyclic amines) is 1. The molecule has 6 heteroatoms. The van der Waals surface area contributed by atoms with E-state index in [0.29, 0.717) is 12.0 Å². The maximum atomic E-state index is 13.3. The Morgan fingerprint density at radius 1 is 1.24 bits per heavy atom. The molecule has 0 unspecified atom stereocenters. The van der Waals surface area contributed by atoms with Crippen molar-refractivity contribution in [2.24, 2.45) is 7.05 Å². The van der Waals surface area contributed by atoms with Gasteiger partial charge in [0.15, 0.2) is 0 Å². The van der Waals surface area contributed by atoms with E-state index in [2.05, 4.69) is 38.7 Å². The van der Waals surface area contributed by atoms with Crippen molar-refractivity contribution in [1.29, 1.82) is 0 Å². The maximum absolute atomic E-state index is 13.3. The average Bonchev–Trinajstić information content (AvgIpc) is 3.21. The van der Waals surface area contributed by atoms with Crippen LogP contribution in [0, 0.1) is 5.82 Å². The van der Waals surface area contributed by atoms with Gasteiger partial charge in [0.1, 0.15) is 17.5 Å². The van der Waals surface area contributed by atoms with Crippen LogP contribution in [0.5, 0.6) is 0 Å². The van der Waals surface area contributed by atoms with Gasteiger partial charge in [-0.2, -0.15) is 0 Å². The van der Waals surface area contributed by atoms with E-state index in [-0.39, 0.29) is 5.82 Å². The van der Waals surface area contributed by atoms with Crippen molar-refractivity contribution in [1.82, 2.24) is 24.6 Å². The van der Waals surface area contributed by atoms with Crippen LogP contribution in [0.4, 0.5) is 4.39 Å². The zero-order chi connectivity index (χ0) is 17.4. The first-order chi connectivity index (χ1) is 12.1. The molecule has 1 aliphatic heterocycles. The number of aromatic nitrogens is 3. The molecular weight excluding hydrogens is 317 g/mol. The summed E-state index contributed by atoms with van der Waals surface area (Å²) in [4.78, 5) is 4.79. The predicted octanol–water partition coefficient (Wildman–Crippen LogP) is 2.54. The largest absolute Gasteiger partial charge is 0.317 e. The van der Waals surface area contributed by atoms with E-state index in [1.807, 2.05) is 6.07 Å². The van der Waals surface area contributed by atoms with Crippen molar-refractivity contribution < 1.29 is 4.39 Å². The zero-order valence-corrected chi connectivity index (χ0v) is 15.0. The molecule has 0 N–H and O–H groups in total. The molecule has 5 nitrogen and oxygen atoms in total. The standard InChI is InChI=1S/C19H26FN5/c1-23(13-18-21-22-19(24(18)2)15-6-7-15)17-8-9-25(12-17)11-14-4-3-5-16(20)10-14/h3-5,10,15,17H,6-9,11-13H2,1-2H3/t17-/m0/s1. The molecule has 25 heavy (non-hydrogen) atoms. The molecule has 1 aromatic heterocycles. The summed E-state index contributed by atoms with van der Waals surface area (Å²) in [5.41, 5.74) is 1.05. The molecular formula is C19H26FN5. The molecule has 1 saturated heterocycles.